The second-order valence-corrected chi connectivity index (χ2v) is 3.87. The van der Waals surface area contributed by atoms with Gasteiger partial charge in [0.25, 0.3) is 0 Å². The SMILES string of the molecule is Nc1ccc(OCCNc2ncns2)cc1. The first-order chi connectivity index (χ1) is 7.84. The third-order valence-electron chi connectivity index (χ3n) is 1.89. The van der Waals surface area contributed by atoms with Gasteiger partial charge in [-0.05, 0) is 24.3 Å². The average molecular weight is 236 g/mol. The number of aromatic nitrogens is 2. The number of rotatable bonds is 5. The lowest BCUT2D eigenvalue weighted by molar-refractivity contribution is 0.333. The molecule has 0 unspecified atom stereocenters. The molecule has 1 aromatic heterocycles. The monoisotopic (exact) mass is 236 g/mol. The van der Waals surface area contributed by atoms with E-state index in [2.05, 4.69) is 14.7 Å². The van der Waals surface area contributed by atoms with Gasteiger partial charge in [0.15, 0.2) is 0 Å². The van der Waals surface area contributed by atoms with Crippen molar-refractivity contribution in [2.24, 2.45) is 0 Å². The van der Waals surface area contributed by atoms with Crippen LogP contribution in [0.3, 0.4) is 0 Å². The van der Waals surface area contributed by atoms with Crippen LogP contribution in [0.15, 0.2) is 30.6 Å². The van der Waals surface area contributed by atoms with Gasteiger partial charge in [0.2, 0.25) is 5.13 Å². The van der Waals surface area contributed by atoms with Crippen LogP contribution in [-0.2, 0) is 0 Å². The largest absolute Gasteiger partial charge is 0.492 e. The number of ether oxygens (including phenoxy) is 1. The van der Waals surface area contributed by atoms with E-state index in [9.17, 15) is 0 Å². The number of anilines is 2. The van der Waals surface area contributed by atoms with Crippen molar-refractivity contribution in [1.29, 1.82) is 0 Å². The zero-order valence-corrected chi connectivity index (χ0v) is 9.41. The minimum Gasteiger partial charge on any atom is -0.492 e. The molecule has 84 valence electrons. The van der Waals surface area contributed by atoms with Gasteiger partial charge >= 0.3 is 0 Å². The molecule has 0 saturated heterocycles. The van der Waals surface area contributed by atoms with Gasteiger partial charge in [-0.15, -0.1) is 0 Å². The number of hydrogen-bond donors (Lipinski definition) is 2. The summed E-state index contributed by atoms with van der Waals surface area (Å²) in [5, 5.41) is 3.91. The quantitative estimate of drug-likeness (QED) is 0.609. The van der Waals surface area contributed by atoms with Gasteiger partial charge in [-0.1, -0.05) is 0 Å². The van der Waals surface area contributed by atoms with E-state index in [-0.39, 0.29) is 0 Å². The maximum Gasteiger partial charge on any atom is 0.202 e. The van der Waals surface area contributed by atoms with Gasteiger partial charge in [-0.2, -0.15) is 4.37 Å². The van der Waals surface area contributed by atoms with Crippen molar-refractivity contribution in [3.63, 3.8) is 0 Å². The minimum absolute atomic E-state index is 0.573. The van der Waals surface area contributed by atoms with Gasteiger partial charge in [-0.3, -0.25) is 0 Å². The zero-order valence-electron chi connectivity index (χ0n) is 8.59. The molecule has 0 atom stereocenters. The number of benzene rings is 1. The molecule has 0 bridgehead atoms. The number of hydrogen-bond acceptors (Lipinski definition) is 6. The number of nitrogens with two attached hydrogens (primary N) is 1. The summed E-state index contributed by atoms with van der Waals surface area (Å²) < 4.78 is 9.38. The van der Waals surface area contributed by atoms with Gasteiger partial charge in [-0.25, -0.2) is 4.98 Å². The lowest BCUT2D eigenvalue weighted by Gasteiger charge is -2.06. The van der Waals surface area contributed by atoms with E-state index in [0.717, 1.165) is 16.6 Å². The summed E-state index contributed by atoms with van der Waals surface area (Å²) in [5.41, 5.74) is 6.30. The fourth-order valence-corrected chi connectivity index (χ4v) is 1.60. The molecule has 0 aliphatic carbocycles. The van der Waals surface area contributed by atoms with Crippen LogP contribution in [0.4, 0.5) is 10.8 Å². The lowest BCUT2D eigenvalue weighted by Crippen LogP contribution is -2.11. The van der Waals surface area contributed by atoms with Crippen molar-refractivity contribution in [1.82, 2.24) is 9.36 Å². The standard InChI is InChI=1S/C10H12N4OS/c11-8-1-3-9(4-2-8)15-6-5-12-10-13-7-14-16-10/h1-4,7H,5-6,11H2,(H,12,13,14). The maximum atomic E-state index is 5.56. The summed E-state index contributed by atoms with van der Waals surface area (Å²) >= 11 is 1.33. The Morgan fingerprint density at radius 1 is 1.31 bits per heavy atom. The van der Waals surface area contributed by atoms with Crippen LogP contribution < -0.4 is 15.8 Å². The third-order valence-corrected chi connectivity index (χ3v) is 2.51. The molecule has 0 saturated carbocycles. The lowest BCUT2D eigenvalue weighted by atomic mass is 10.3. The summed E-state index contributed by atoms with van der Waals surface area (Å²) in [4.78, 5) is 4.00. The molecule has 1 heterocycles. The molecule has 0 amide bonds. The Kier molecular flexibility index (Phi) is 3.55. The van der Waals surface area contributed by atoms with Gasteiger partial charge in [0.05, 0.1) is 6.54 Å². The Balaban J connectivity index is 1.70. The van der Waals surface area contributed by atoms with Crippen molar-refractivity contribution in [3.8, 4) is 5.75 Å². The molecule has 2 aromatic rings. The van der Waals surface area contributed by atoms with E-state index in [4.69, 9.17) is 10.5 Å². The summed E-state index contributed by atoms with van der Waals surface area (Å²) in [6.45, 7) is 1.27. The van der Waals surface area contributed by atoms with Crippen LogP contribution in [0, 0.1) is 0 Å². The van der Waals surface area contributed by atoms with Crippen molar-refractivity contribution < 1.29 is 4.74 Å². The Morgan fingerprint density at radius 2 is 2.12 bits per heavy atom. The zero-order chi connectivity index (χ0) is 11.2. The molecule has 16 heavy (non-hydrogen) atoms. The molecule has 5 nitrogen and oxygen atoms in total. The predicted octanol–water partition coefficient (Wildman–Crippen LogP) is 1.61. The molecule has 1 aromatic carbocycles. The molecule has 0 aliphatic rings. The molecule has 6 heteroatoms. The Labute approximate surface area is 97.4 Å². The Morgan fingerprint density at radius 3 is 2.81 bits per heavy atom. The Bertz CT molecular complexity index is 415. The van der Waals surface area contributed by atoms with Crippen molar-refractivity contribution in [2.45, 2.75) is 0 Å². The van der Waals surface area contributed by atoms with Crippen LogP contribution in [0.1, 0.15) is 0 Å². The fraction of sp³-hybridized carbons (Fsp3) is 0.200. The number of nitrogens with zero attached hydrogens (tertiary/aromatic N) is 2. The van der Waals surface area contributed by atoms with Gasteiger partial charge < -0.3 is 15.8 Å². The van der Waals surface area contributed by atoms with Crippen LogP contribution in [0.25, 0.3) is 0 Å². The smallest absolute Gasteiger partial charge is 0.202 e. The summed E-state index contributed by atoms with van der Waals surface area (Å²) in [7, 11) is 0. The highest BCUT2D eigenvalue weighted by Gasteiger charge is 1.95. The van der Waals surface area contributed by atoms with Crippen LogP contribution in [0.2, 0.25) is 0 Å². The molecular weight excluding hydrogens is 224 g/mol. The van der Waals surface area contributed by atoms with E-state index in [1.54, 1.807) is 0 Å². The third kappa shape index (κ3) is 3.09. The van der Waals surface area contributed by atoms with E-state index >= 15 is 0 Å². The predicted molar refractivity (Wildman–Crippen MR) is 64.7 cm³/mol. The second kappa shape index (κ2) is 5.32. The highest BCUT2D eigenvalue weighted by atomic mass is 32.1. The van der Waals surface area contributed by atoms with E-state index in [1.165, 1.54) is 17.9 Å². The molecule has 2 rings (SSSR count). The van der Waals surface area contributed by atoms with Crippen molar-refractivity contribution in [2.75, 3.05) is 24.2 Å². The van der Waals surface area contributed by atoms with Crippen molar-refractivity contribution >= 4 is 22.4 Å². The topological polar surface area (TPSA) is 73.1 Å². The summed E-state index contributed by atoms with van der Waals surface area (Å²) in [5.74, 6) is 0.813. The van der Waals surface area contributed by atoms with Crippen LogP contribution in [-0.4, -0.2) is 22.5 Å². The normalized spacial score (nSPS) is 10.0. The highest BCUT2D eigenvalue weighted by molar-refractivity contribution is 7.09. The molecule has 0 fully saturated rings. The van der Waals surface area contributed by atoms with E-state index in [1.807, 2.05) is 24.3 Å². The molecule has 0 aliphatic heterocycles. The highest BCUT2D eigenvalue weighted by Crippen LogP contribution is 2.13. The molecule has 0 spiro atoms. The van der Waals surface area contributed by atoms with Crippen molar-refractivity contribution in [3.05, 3.63) is 30.6 Å². The summed E-state index contributed by atoms with van der Waals surface area (Å²) in [6, 6.07) is 7.32. The average Bonchev–Trinajstić information content (AvgIpc) is 2.80. The first-order valence-corrected chi connectivity index (χ1v) is 5.61. The number of nitrogen functional groups attached to an aromatic ring is 1. The van der Waals surface area contributed by atoms with Crippen LogP contribution in [0.5, 0.6) is 5.75 Å². The second-order valence-electron chi connectivity index (χ2n) is 3.09. The first kappa shape index (κ1) is 10.7. The number of nitrogens with one attached hydrogen (secondary N) is 1. The first-order valence-electron chi connectivity index (χ1n) is 4.83. The molecular formula is C10H12N4OS. The van der Waals surface area contributed by atoms with E-state index < -0.39 is 0 Å². The Hall–Kier alpha value is -1.82. The maximum absolute atomic E-state index is 5.56. The summed E-state index contributed by atoms with van der Waals surface area (Å²) in [6.07, 6.45) is 1.52. The molecule has 0 radical (unpaired) electrons. The van der Waals surface area contributed by atoms with E-state index in [0.29, 0.717) is 13.2 Å². The van der Waals surface area contributed by atoms with Gasteiger partial charge in [0.1, 0.15) is 18.7 Å². The molecule has 3 N–H and O–H groups in total. The minimum atomic E-state index is 0.573. The fourth-order valence-electron chi connectivity index (χ4n) is 1.14. The van der Waals surface area contributed by atoms with Crippen LogP contribution >= 0.6 is 11.5 Å². The van der Waals surface area contributed by atoms with Gasteiger partial charge in [0, 0.05) is 17.2 Å².